The number of benzene rings is 2. The maximum absolute atomic E-state index is 13.6. The fourth-order valence-corrected chi connectivity index (χ4v) is 7.54. The van der Waals surface area contributed by atoms with Gasteiger partial charge in [-0.15, -0.1) is 0 Å². The average Bonchev–Trinajstić information content (AvgIpc) is 3.47. The third-order valence-corrected chi connectivity index (χ3v) is 10.5. The number of hydrazine groups is 1. The van der Waals surface area contributed by atoms with E-state index in [-0.39, 0.29) is 44.0 Å². The third-order valence-electron chi connectivity index (χ3n) is 7.27. The van der Waals surface area contributed by atoms with Crippen molar-refractivity contribution in [1.82, 2.24) is 10.0 Å². The summed E-state index contributed by atoms with van der Waals surface area (Å²) in [5.74, 6) is -3.19. The Labute approximate surface area is 221 Å². The quantitative estimate of drug-likeness (QED) is 0.206. The lowest BCUT2D eigenvalue weighted by Crippen LogP contribution is -2.50. The second-order valence-electron chi connectivity index (χ2n) is 9.04. The van der Waals surface area contributed by atoms with E-state index in [4.69, 9.17) is 0 Å². The number of nitro benzene ring substituents is 2. The highest BCUT2D eigenvalue weighted by molar-refractivity contribution is 9.12. The van der Waals surface area contributed by atoms with Crippen molar-refractivity contribution in [2.45, 2.75) is 22.6 Å². The second kappa shape index (κ2) is 9.04. The Morgan fingerprint density at radius 3 is 2.00 bits per heavy atom. The Morgan fingerprint density at radius 2 is 1.47 bits per heavy atom. The van der Waals surface area contributed by atoms with E-state index in [0.29, 0.717) is 6.42 Å². The number of nitrogens with zero attached hydrogens (tertiary/aromatic N) is 4. The zero-order valence-corrected chi connectivity index (χ0v) is 21.6. The van der Waals surface area contributed by atoms with Gasteiger partial charge in [-0.1, -0.05) is 50.1 Å². The van der Waals surface area contributed by atoms with Crippen molar-refractivity contribution in [2.24, 2.45) is 23.7 Å². The molecule has 5 rings (SSSR count). The molecule has 0 unspecified atom stereocenters. The van der Waals surface area contributed by atoms with Gasteiger partial charge in [0.2, 0.25) is 0 Å². The predicted octanol–water partition coefficient (Wildman–Crippen LogP) is 3.84. The smallest absolute Gasteiger partial charge is 0.272 e. The van der Waals surface area contributed by atoms with E-state index in [0.717, 1.165) is 22.2 Å². The fourth-order valence-electron chi connectivity index (χ4n) is 5.66. The number of hydrogen-bond donors (Lipinski definition) is 0. The Kier molecular flexibility index (Phi) is 6.15. The molecule has 2 bridgehead atoms. The number of halogens is 2. The van der Waals surface area contributed by atoms with Crippen LogP contribution in [0.4, 0.5) is 11.4 Å². The topological polar surface area (TPSA) is 144 Å². The minimum atomic E-state index is -0.775. The number of fused-ring (bicyclic) bond motifs is 5. The van der Waals surface area contributed by atoms with E-state index < -0.39 is 45.9 Å². The molecule has 3 fully saturated rings. The number of amides is 3. The van der Waals surface area contributed by atoms with Gasteiger partial charge in [-0.25, -0.2) is 5.01 Å². The summed E-state index contributed by atoms with van der Waals surface area (Å²) in [6, 6.07) is 10.5. The number of para-hydroxylation sites is 1. The molecule has 186 valence electrons. The van der Waals surface area contributed by atoms with Gasteiger partial charge in [-0.05, 0) is 30.4 Å². The van der Waals surface area contributed by atoms with Crippen LogP contribution in [-0.2, 0) is 16.1 Å². The highest BCUT2D eigenvalue weighted by atomic mass is 79.9. The number of carbonyl (C=O) groups is 3. The Bertz CT molecular complexity index is 1270. The molecule has 36 heavy (non-hydrogen) atoms. The molecule has 2 aromatic rings. The fraction of sp³-hybridized carbons (Fsp3) is 0.348. The first-order valence-corrected chi connectivity index (χ1v) is 12.9. The molecule has 0 N–H and O–H groups in total. The van der Waals surface area contributed by atoms with Gasteiger partial charge in [0.25, 0.3) is 29.1 Å². The first-order chi connectivity index (χ1) is 17.1. The summed E-state index contributed by atoms with van der Waals surface area (Å²) in [5, 5.41) is 24.4. The third kappa shape index (κ3) is 3.72. The standard InChI is InChI=1S/C23H18Br2N4O7/c24-19-14-9-15(20(19)25)18-17(14)22(31)27(23(18)32)26(10-12-3-1-2-4-16(12)29(35)36)21(30)11-5-7-13(8-6-11)28(33)34/h1-8,14-15,17-20H,9-10H2/t14-,15-,17-,18-,19-,20+/m1/s1. The first-order valence-electron chi connectivity index (χ1n) is 11.1. The van der Waals surface area contributed by atoms with Crippen LogP contribution in [0.15, 0.2) is 48.5 Å². The molecule has 3 aliphatic rings. The summed E-state index contributed by atoms with van der Waals surface area (Å²) in [6.45, 7) is -0.408. The Hall–Kier alpha value is -3.19. The van der Waals surface area contributed by atoms with E-state index in [1.165, 1.54) is 30.3 Å². The highest BCUT2D eigenvalue weighted by Gasteiger charge is 2.67. The van der Waals surface area contributed by atoms with Gasteiger partial charge in [0.1, 0.15) is 0 Å². The largest absolute Gasteiger partial charge is 0.274 e. The zero-order chi connectivity index (χ0) is 25.9. The number of non-ortho nitro benzene ring substituents is 1. The molecule has 13 heteroatoms. The Balaban J connectivity index is 1.55. The molecule has 0 radical (unpaired) electrons. The SMILES string of the molecule is O=C(c1ccc([N+](=O)[O-])cc1)N(Cc1ccccc1[N+](=O)[O-])N1C(=O)[C@@H]2[C@H]3C[C@@H]([C@@H](Br)[C@H]3Br)[C@H]2C1=O. The summed E-state index contributed by atoms with van der Waals surface area (Å²) in [7, 11) is 0. The molecule has 3 amide bonds. The van der Waals surface area contributed by atoms with Crippen molar-refractivity contribution < 1.29 is 24.2 Å². The lowest BCUT2D eigenvalue weighted by molar-refractivity contribution is -0.385. The molecule has 1 aliphatic heterocycles. The monoisotopic (exact) mass is 620 g/mol. The molecule has 2 aromatic carbocycles. The molecule has 2 saturated carbocycles. The van der Waals surface area contributed by atoms with Crippen molar-refractivity contribution in [1.29, 1.82) is 0 Å². The molecular formula is C23H18Br2N4O7. The molecule has 1 saturated heterocycles. The van der Waals surface area contributed by atoms with Crippen LogP contribution in [0.2, 0.25) is 0 Å². The van der Waals surface area contributed by atoms with Gasteiger partial charge in [0, 0.05) is 33.4 Å². The van der Waals surface area contributed by atoms with E-state index >= 15 is 0 Å². The summed E-state index contributed by atoms with van der Waals surface area (Å²) in [4.78, 5) is 62.3. The van der Waals surface area contributed by atoms with Crippen molar-refractivity contribution in [3.8, 4) is 0 Å². The summed E-state index contributed by atoms with van der Waals surface area (Å²) < 4.78 is 0. The lowest BCUT2D eigenvalue weighted by atomic mass is 9.81. The zero-order valence-electron chi connectivity index (χ0n) is 18.4. The van der Waals surface area contributed by atoms with E-state index in [2.05, 4.69) is 31.9 Å². The molecule has 11 nitrogen and oxygen atoms in total. The van der Waals surface area contributed by atoms with Crippen molar-refractivity contribution in [3.63, 3.8) is 0 Å². The van der Waals surface area contributed by atoms with Gasteiger partial charge < -0.3 is 0 Å². The molecule has 1 heterocycles. The number of imide groups is 1. The maximum atomic E-state index is 13.6. The van der Waals surface area contributed by atoms with Crippen molar-refractivity contribution in [2.75, 3.05) is 0 Å². The summed E-state index contributed by atoms with van der Waals surface area (Å²) in [6.07, 6.45) is 0.701. The summed E-state index contributed by atoms with van der Waals surface area (Å²) >= 11 is 7.25. The second-order valence-corrected chi connectivity index (χ2v) is 11.2. The van der Waals surface area contributed by atoms with Crippen molar-refractivity contribution >= 4 is 61.0 Å². The average molecular weight is 622 g/mol. The maximum Gasteiger partial charge on any atom is 0.274 e. The van der Waals surface area contributed by atoms with Crippen LogP contribution in [0, 0.1) is 43.9 Å². The van der Waals surface area contributed by atoms with E-state index in [9.17, 15) is 34.6 Å². The van der Waals surface area contributed by atoms with Crippen LogP contribution in [0.3, 0.4) is 0 Å². The van der Waals surface area contributed by atoms with Gasteiger partial charge in [-0.2, -0.15) is 5.01 Å². The van der Waals surface area contributed by atoms with Crippen LogP contribution in [0.5, 0.6) is 0 Å². The number of alkyl halides is 2. The van der Waals surface area contributed by atoms with Crippen LogP contribution < -0.4 is 0 Å². The number of carbonyl (C=O) groups excluding carboxylic acids is 3. The molecule has 0 aromatic heterocycles. The number of hydrogen-bond acceptors (Lipinski definition) is 7. The van der Waals surface area contributed by atoms with Gasteiger partial charge in [0.05, 0.1) is 33.8 Å². The minimum absolute atomic E-state index is 0.00319. The molecule has 0 spiro atoms. The van der Waals surface area contributed by atoms with E-state index in [1.54, 1.807) is 6.07 Å². The lowest BCUT2D eigenvalue weighted by Gasteiger charge is -2.31. The normalized spacial score (nSPS) is 28.3. The predicted molar refractivity (Wildman–Crippen MR) is 132 cm³/mol. The minimum Gasteiger partial charge on any atom is -0.272 e. The summed E-state index contributed by atoms with van der Waals surface area (Å²) in [5.41, 5.74) is -0.367. The number of nitro groups is 2. The molecule has 6 atom stereocenters. The van der Waals surface area contributed by atoms with Crippen LogP contribution in [-0.4, -0.2) is 47.2 Å². The van der Waals surface area contributed by atoms with Crippen LogP contribution in [0.1, 0.15) is 22.3 Å². The van der Waals surface area contributed by atoms with Crippen LogP contribution in [0.25, 0.3) is 0 Å². The molecule has 2 aliphatic carbocycles. The van der Waals surface area contributed by atoms with Crippen LogP contribution >= 0.6 is 31.9 Å². The number of rotatable bonds is 6. The first kappa shape index (κ1) is 24.5. The van der Waals surface area contributed by atoms with Gasteiger partial charge in [-0.3, -0.25) is 34.6 Å². The Morgan fingerprint density at radius 1 is 0.917 bits per heavy atom. The highest BCUT2D eigenvalue weighted by Crippen LogP contribution is 2.60. The van der Waals surface area contributed by atoms with Gasteiger partial charge in [0.15, 0.2) is 0 Å². The van der Waals surface area contributed by atoms with Crippen molar-refractivity contribution in [3.05, 3.63) is 79.9 Å². The van der Waals surface area contributed by atoms with Gasteiger partial charge >= 0.3 is 0 Å². The molecular weight excluding hydrogens is 604 g/mol. The van der Waals surface area contributed by atoms with E-state index in [1.807, 2.05) is 0 Å².